The van der Waals surface area contributed by atoms with E-state index in [1.54, 1.807) is 30.1 Å². The van der Waals surface area contributed by atoms with Gasteiger partial charge in [-0.2, -0.15) is 18.3 Å². The van der Waals surface area contributed by atoms with Gasteiger partial charge in [0.2, 0.25) is 5.91 Å². The first-order valence-electron chi connectivity index (χ1n) is 10.8. The van der Waals surface area contributed by atoms with Crippen molar-refractivity contribution in [2.24, 2.45) is 5.92 Å². The van der Waals surface area contributed by atoms with E-state index in [-0.39, 0.29) is 35.6 Å². The number of para-hydroxylation sites is 1. The average molecular weight is 486 g/mol. The van der Waals surface area contributed by atoms with Crippen LogP contribution in [0.2, 0.25) is 0 Å². The van der Waals surface area contributed by atoms with E-state index in [0.717, 1.165) is 18.9 Å². The first-order valence-corrected chi connectivity index (χ1v) is 10.8. The molecule has 1 aliphatic carbocycles. The van der Waals surface area contributed by atoms with Crippen LogP contribution in [0.5, 0.6) is 0 Å². The summed E-state index contributed by atoms with van der Waals surface area (Å²) in [7, 11) is 3.20. The Morgan fingerprint density at radius 1 is 1.11 bits per heavy atom. The minimum Gasteiger partial charge on any atom is -0.365 e. The van der Waals surface area contributed by atoms with Crippen molar-refractivity contribution in [3.63, 3.8) is 0 Å². The van der Waals surface area contributed by atoms with E-state index in [0.29, 0.717) is 22.8 Å². The number of hydrogen-bond donors (Lipinski definition) is 3. The average Bonchev–Trinajstić information content (AvgIpc) is 3.57. The van der Waals surface area contributed by atoms with Crippen molar-refractivity contribution in [2.75, 3.05) is 29.6 Å². The van der Waals surface area contributed by atoms with Crippen molar-refractivity contribution in [3.05, 3.63) is 47.4 Å². The number of nitrogens with zero attached hydrogens (tertiary/aromatic N) is 5. The van der Waals surface area contributed by atoms with Crippen LogP contribution in [0.3, 0.4) is 0 Å². The molecule has 1 aliphatic heterocycles. The van der Waals surface area contributed by atoms with Crippen LogP contribution in [0.4, 0.5) is 36.1 Å². The van der Waals surface area contributed by atoms with Crippen LogP contribution < -0.4 is 20.9 Å². The minimum atomic E-state index is -4.56. The maximum atomic E-state index is 13.3. The zero-order valence-electron chi connectivity index (χ0n) is 18.8. The van der Waals surface area contributed by atoms with E-state index in [2.05, 4.69) is 31.2 Å². The predicted octanol–water partition coefficient (Wildman–Crippen LogP) is 3.08. The summed E-state index contributed by atoms with van der Waals surface area (Å²) in [5.74, 6) is -0.533. The van der Waals surface area contributed by atoms with E-state index in [9.17, 15) is 22.8 Å². The third-order valence-electron chi connectivity index (χ3n) is 5.80. The zero-order valence-corrected chi connectivity index (χ0v) is 18.8. The summed E-state index contributed by atoms with van der Waals surface area (Å²) < 4.78 is 41.1. The van der Waals surface area contributed by atoms with Gasteiger partial charge in [0.15, 0.2) is 17.2 Å². The minimum absolute atomic E-state index is 0.00729. The quantitative estimate of drug-likeness (QED) is 0.507. The summed E-state index contributed by atoms with van der Waals surface area (Å²) in [6, 6.07) is 7.60. The molecule has 1 fully saturated rings. The van der Waals surface area contributed by atoms with Gasteiger partial charge in [0, 0.05) is 26.1 Å². The number of halogens is 3. The molecule has 0 saturated heterocycles. The van der Waals surface area contributed by atoms with Crippen molar-refractivity contribution in [1.82, 2.24) is 25.3 Å². The Hall–Kier alpha value is -4.16. The molecule has 0 spiro atoms. The lowest BCUT2D eigenvalue weighted by Crippen LogP contribution is -2.27. The van der Waals surface area contributed by atoms with Crippen LogP contribution in [0.1, 0.15) is 34.7 Å². The fraction of sp³-hybridized carbons (Fsp3) is 0.318. The summed E-state index contributed by atoms with van der Waals surface area (Å²) >= 11 is 0. The monoisotopic (exact) mass is 486 g/mol. The lowest BCUT2D eigenvalue weighted by molar-refractivity contribution is -0.141. The highest BCUT2D eigenvalue weighted by molar-refractivity contribution is 6.00. The molecule has 13 heteroatoms. The molecule has 3 aromatic rings. The standard InChI is InChI=1S/C22H21F3N8O2/c1-26-21(35)18-14(9-17(29-30-18)28-20(34)11-6-7-11)27-13-4-3-5-15-19(13)32(2)10-12-8-16(22(23,24)25)31-33(12)15/h3-5,8-9,11H,6-7,10H2,1-2H3,(H,26,35)(H2,27,28,29,34). The summed E-state index contributed by atoms with van der Waals surface area (Å²) in [4.78, 5) is 26.4. The number of alkyl halides is 3. The molecule has 3 heterocycles. The predicted molar refractivity (Wildman–Crippen MR) is 121 cm³/mol. The number of carbonyl (C=O) groups excluding carboxylic acids is 2. The van der Waals surface area contributed by atoms with Crippen molar-refractivity contribution in [2.45, 2.75) is 25.6 Å². The normalized spacial score (nSPS) is 14.7. The molecule has 2 amide bonds. The molecule has 1 aromatic carbocycles. The molecule has 5 rings (SSSR count). The number of hydrogen-bond acceptors (Lipinski definition) is 7. The van der Waals surface area contributed by atoms with Crippen LogP contribution >= 0.6 is 0 Å². The Morgan fingerprint density at radius 2 is 1.89 bits per heavy atom. The lowest BCUT2D eigenvalue weighted by Gasteiger charge is -2.30. The maximum Gasteiger partial charge on any atom is 0.435 e. The number of rotatable bonds is 5. The van der Waals surface area contributed by atoms with Gasteiger partial charge in [0.25, 0.3) is 5.91 Å². The molecule has 35 heavy (non-hydrogen) atoms. The molecule has 182 valence electrons. The van der Waals surface area contributed by atoms with Gasteiger partial charge in [-0.3, -0.25) is 9.59 Å². The van der Waals surface area contributed by atoms with Crippen LogP contribution in [0.15, 0.2) is 30.3 Å². The number of benzene rings is 1. The van der Waals surface area contributed by atoms with Gasteiger partial charge < -0.3 is 20.9 Å². The van der Waals surface area contributed by atoms with Crippen molar-refractivity contribution >= 4 is 34.7 Å². The molecule has 1 saturated carbocycles. The SMILES string of the molecule is CNC(=O)c1nnc(NC(=O)C2CC2)cc1Nc1cccc2c1N(C)Cc1cc(C(F)(F)F)nn1-2. The van der Waals surface area contributed by atoms with E-state index in [1.165, 1.54) is 17.8 Å². The second-order valence-corrected chi connectivity index (χ2v) is 8.42. The van der Waals surface area contributed by atoms with Gasteiger partial charge in [0.1, 0.15) is 0 Å². The third-order valence-corrected chi connectivity index (χ3v) is 5.80. The molecule has 2 aliphatic rings. The van der Waals surface area contributed by atoms with Gasteiger partial charge >= 0.3 is 6.18 Å². The number of aromatic nitrogens is 4. The number of anilines is 4. The zero-order chi connectivity index (χ0) is 24.9. The molecule has 0 radical (unpaired) electrons. The second kappa shape index (κ2) is 8.25. The number of nitrogens with one attached hydrogen (secondary N) is 3. The largest absolute Gasteiger partial charge is 0.435 e. The molecular weight excluding hydrogens is 465 g/mol. The number of fused-ring (bicyclic) bond motifs is 3. The molecule has 0 atom stereocenters. The Balaban J connectivity index is 1.55. The van der Waals surface area contributed by atoms with E-state index < -0.39 is 17.8 Å². The van der Waals surface area contributed by atoms with Gasteiger partial charge in [-0.25, -0.2) is 4.68 Å². The summed E-state index contributed by atoms with van der Waals surface area (Å²) in [6.07, 6.45) is -2.94. The Morgan fingerprint density at radius 3 is 2.57 bits per heavy atom. The Kier molecular flexibility index (Phi) is 5.33. The smallest absolute Gasteiger partial charge is 0.365 e. The highest BCUT2D eigenvalue weighted by Gasteiger charge is 2.37. The maximum absolute atomic E-state index is 13.3. The number of amides is 2. The summed E-state index contributed by atoms with van der Waals surface area (Å²) in [5, 5.41) is 20.1. The van der Waals surface area contributed by atoms with Gasteiger partial charge in [0.05, 0.1) is 35.0 Å². The molecular formula is C22H21F3N8O2. The third kappa shape index (κ3) is 4.24. The van der Waals surface area contributed by atoms with Crippen molar-refractivity contribution in [1.29, 1.82) is 0 Å². The molecule has 3 N–H and O–H groups in total. The Bertz CT molecular complexity index is 1330. The fourth-order valence-electron chi connectivity index (χ4n) is 3.96. The highest BCUT2D eigenvalue weighted by Crippen LogP contribution is 2.40. The molecule has 2 aromatic heterocycles. The van der Waals surface area contributed by atoms with Crippen molar-refractivity contribution in [3.8, 4) is 5.69 Å². The van der Waals surface area contributed by atoms with Gasteiger partial charge in [-0.15, -0.1) is 10.2 Å². The van der Waals surface area contributed by atoms with E-state index in [1.807, 2.05) is 0 Å². The Labute approximate surface area is 197 Å². The second-order valence-electron chi connectivity index (χ2n) is 8.42. The van der Waals surface area contributed by atoms with Gasteiger partial charge in [-0.1, -0.05) is 6.07 Å². The van der Waals surface area contributed by atoms with E-state index in [4.69, 9.17) is 0 Å². The summed E-state index contributed by atoms with van der Waals surface area (Å²) in [6.45, 7) is 0.189. The molecule has 10 nitrogen and oxygen atoms in total. The first kappa shape index (κ1) is 22.6. The molecule has 0 unspecified atom stereocenters. The van der Waals surface area contributed by atoms with Crippen LogP contribution in [0.25, 0.3) is 5.69 Å². The van der Waals surface area contributed by atoms with Crippen LogP contribution in [-0.4, -0.2) is 45.9 Å². The van der Waals surface area contributed by atoms with Crippen LogP contribution in [0, 0.1) is 5.92 Å². The fourth-order valence-corrected chi connectivity index (χ4v) is 3.96. The topological polar surface area (TPSA) is 117 Å². The summed E-state index contributed by atoms with van der Waals surface area (Å²) in [5.41, 5.74) is 1.23. The van der Waals surface area contributed by atoms with Gasteiger partial charge in [-0.05, 0) is 31.0 Å². The van der Waals surface area contributed by atoms with E-state index >= 15 is 0 Å². The lowest BCUT2D eigenvalue weighted by atomic mass is 10.1. The molecule has 0 bridgehead atoms. The first-order chi connectivity index (χ1) is 16.7. The van der Waals surface area contributed by atoms with Crippen LogP contribution in [-0.2, 0) is 17.5 Å². The number of carbonyl (C=O) groups is 2. The van der Waals surface area contributed by atoms with Crippen molar-refractivity contribution < 1.29 is 22.8 Å². The highest BCUT2D eigenvalue weighted by atomic mass is 19.4.